The zero-order chi connectivity index (χ0) is 18.7. The molecule has 0 aromatic rings. The number of esters is 1. The molecule has 6 heteroatoms. The van der Waals surface area contributed by atoms with Crippen molar-refractivity contribution >= 4 is 11.9 Å². The minimum atomic E-state index is -1.20. The summed E-state index contributed by atoms with van der Waals surface area (Å²) in [7, 11) is 0. The second kappa shape index (κ2) is 4.53. The highest BCUT2D eigenvalue weighted by molar-refractivity contribution is 5.82. The smallest absolute Gasteiger partial charge is 0.314 e. The van der Waals surface area contributed by atoms with Crippen LogP contribution in [0.4, 0.5) is 0 Å². The number of hydrogen-bond donors (Lipinski definition) is 3. The molecule has 0 amide bonds. The molecule has 1 saturated heterocycles. The molecule has 8 unspecified atom stereocenters. The highest BCUT2D eigenvalue weighted by atomic mass is 16.5. The van der Waals surface area contributed by atoms with E-state index in [-0.39, 0.29) is 12.5 Å². The molecule has 0 aromatic carbocycles. The van der Waals surface area contributed by atoms with Gasteiger partial charge in [0.05, 0.1) is 29.6 Å². The van der Waals surface area contributed by atoms with E-state index >= 15 is 0 Å². The van der Waals surface area contributed by atoms with Crippen LogP contribution in [-0.4, -0.2) is 45.6 Å². The number of carboxylic acids is 1. The van der Waals surface area contributed by atoms with Gasteiger partial charge in [0.2, 0.25) is 0 Å². The Labute approximate surface area is 152 Å². The van der Waals surface area contributed by atoms with Gasteiger partial charge in [-0.15, -0.1) is 0 Å². The zero-order valence-electron chi connectivity index (χ0n) is 15.0. The topological polar surface area (TPSA) is 104 Å². The average molecular weight is 362 g/mol. The highest BCUT2D eigenvalue weighted by Crippen LogP contribution is 2.79. The number of ether oxygens (including phenoxy) is 1. The Kier molecular flexibility index (Phi) is 2.92. The molecular formula is C20H26O6. The Morgan fingerprint density at radius 1 is 1.27 bits per heavy atom. The lowest BCUT2D eigenvalue weighted by atomic mass is 9.50. The van der Waals surface area contributed by atoms with Crippen LogP contribution in [0.5, 0.6) is 0 Å². The normalized spacial score (nSPS) is 57.3. The number of hydrogen-bond acceptors (Lipinski definition) is 5. The third kappa shape index (κ3) is 1.51. The van der Waals surface area contributed by atoms with Gasteiger partial charge < -0.3 is 20.1 Å². The number of carboxylic acid groups (broad SMARTS) is 1. The van der Waals surface area contributed by atoms with E-state index in [1.165, 1.54) is 0 Å². The Hall–Kier alpha value is -1.40. The van der Waals surface area contributed by atoms with Crippen LogP contribution in [0, 0.1) is 34.0 Å². The summed E-state index contributed by atoms with van der Waals surface area (Å²) in [6.07, 6.45) is 2.47. The monoisotopic (exact) mass is 362 g/mol. The van der Waals surface area contributed by atoms with Crippen molar-refractivity contribution in [2.24, 2.45) is 34.0 Å². The number of rotatable bonds is 1. The predicted molar refractivity (Wildman–Crippen MR) is 89.8 cm³/mol. The van der Waals surface area contributed by atoms with Crippen molar-refractivity contribution in [2.75, 3.05) is 6.61 Å². The van der Waals surface area contributed by atoms with Crippen LogP contribution in [0.1, 0.15) is 45.4 Å². The van der Waals surface area contributed by atoms with Gasteiger partial charge in [0.25, 0.3) is 0 Å². The fourth-order valence-corrected chi connectivity index (χ4v) is 8.11. The molecule has 5 aliphatic rings. The standard InChI is InChI=1S/C20H26O6/c1-10-7-19-8-20(10,25)6-3-11(19)18-5-4-12(21)17(2,16(24)26-9-18)14(18)13(19)15(22)23/h11-14,21,25H,1,3-9H2,2H3,(H,22,23). The van der Waals surface area contributed by atoms with Gasteiger partial charge in [-0.3, -0.25) is 9.59 Å². The van der Waals surface area contributed by atoms with Crippen molar-refractivity contribution in [1.82, 2.24) is 0 Å². The average Bonchev–Trinajstić information content (AvgIpc) is 2.93. The molecule has 0 aromatic heterocycles. The second-order valence-electron chi connectivity index (χ2n) is 9.75. The number of aliphatic hydroxyl groups is 2. The summed E-state index contributed by atoms with van der Waals surface area (Å²) in [5, 5.41) is 32.0. The second-order valence-corrected chi connectivity index (χ2v) is 9.75. The van der Waals surface area contributed by atoms with Crippen LogP contribution in [0.25, 0.3) is 0 Å². The zero-order valence-corrected chi connectivity index (χ0v) is 15.0. The molecule has 4 bridgehead atoms. The van der Waals surface area contributed by atoms with Gasteiger partial charge in [-0.25, -0.2) is 0 Å². The van der Waals surface area contributed by atoms with Crippen molar-refractivity contribution in [3.8, 4) is 0 Å². The molecule has 1 spiro atoms. The van der Waals surface area contributed by atoms with Gasteiger partial charge >= 0.3 is 11.9 Å². The van der Waals surface area contributed by atoms with E-state index in [4.69, 9.17) is 4.74 Å². The number of cyclic esters (lactones) is 1. The first kappa shape index (κ1) is 16.8. The molecular weight excluding hydrogens is 336 g/mol. The number of carbonyl (C=O) groups is 2. The molecule has 6 nitrogen and oxygen atoms in total. The van der Waals surface area contributed by atoms with Crippen molar-refractivity contribution in [3.63, 3.8) is 0 Å². The van der Waals surface area contributed by atoms with Gasteiger partial charge in [-0.1, -0.05) is 6.58 Å². The summed E-state index contributed by atoms with van der Waals surface area (Å²) in [5.74, 6) is -2.56. The van der Waals surface area contributed by atoms with Crippen molar-refractivity contribution in [2.45, 2.75) is 57.2 Å². The molecule has 4 aliphatic carbocycles. The van der Waals surface area contributed by atoms with Gasteiger partial charge in [0, 0.05) is 11.3 Å². The first-order valence-electron chi connectivity index (χ1n) is 9.61. The molecule has 5 rings (SSSR count). The van der Waals surface area contributed by atoms with Crippen LogP contribution < -0.4 is 0 Å². The van der Waals surface area contributed by atoms with Crippen LogP contribution in [-0.2, 0) is 14.3 Å². The lowest BCUT2D eigenvalue weighted by Gasteiger charge is -2.57. The van der Waals surface area contributed by atoms with Crippen LogP contribution >= 0.6 is 0 Å². The third-order valence-electron chi connectivity index (χ3n) is 9.03. The molecule has 0 radical (unpaired) electrons. The Bertz CT molecular complexity index is 747. The van der Waals surface area contributed by atoms with Gasteiger partial charge in [-0.2, -0.15) is 0 Å². The minimum absolute atomic E-state index is 0.0700. The van der Waals surface area contributed by atoms with E-state index in [1.807, 2.05) is 0 Å². The summed E-state index contributed by atoms with van der Waals surface area (Å²) in [4.78, 5) is 25.3. The first-order valence-corrected chi connectivity index (χ1v) is 9.61. The van der Waals surface area contributed by atoms with E-state index in [2.05, 4.69) is 6.58 Å². The maximum atomic E-state index is 12.7. The van der Waals surface area contributed by atoms with Crippen molar-refractivity contribution < 1.29 is 29.6 Å². The maximum Gasteiger partial charge on any atom is 0.314 e. The van der Waals surface area contributed by atoms with Gasteiger partial charge in [-0.05, 0) is 62.4 Å². The van der Waals surface area contributed by atoms with Gasteiger partial charge in [0.1, 0.15) is 0 Å². The fraction of sp³-hybridized carbons (Fsp3) is 0.800. The fourth-order valence-electron chi connectivity index (χ4n) is 8.11. The van der Waals surface area contributed by atoms with Crippen LogP contribution in [0.2, 0.25) is 0 Å². The molecule has 142 valence electrons. The van der Waals surface area contributed by atoms with E-state index < -0.39 is 51.7 Å². The summed E-state index contributed by atoms with van der Waals surface area (Å²) < 4.78 is 5.58. The maximum absolute atomic E-state index is 12.7. The number of carbonyl (C=O) groups excluding carboxylic acids is 1. The van der Waals surface area contributed by atoms with E-state index in [1.54, 1.807) is 6.92 Å². The Morgan fingerprint density at radius 2 is 2.00 bits per heavy atom. The van der Waals surface area contributed by atoms with E-state index in [9.17, 15) is 24.9 Å². The molecule has 1 heterocycles. The van der Waals surface area contributed by atoms with E-state index in [0.717, 1.165) is 12.0 Å². The Balaban J connectivity index is 1.77. The largest absolute Gasteiger partial charge is 0.481 e. The van der Waals surface area contributed by atoms with Gasteiger partial charge in [0.15, 0.2) is 0 Å². The number of aliphatic carboxylic acids is 1. The molecule has 8 atom stereocenters. The lowest BCUT2D eigenvalue weighted by Crippen LogP contribution is -2.63. The summed E-state index contributed by atoms with van der Waals surface area (Å²) in [5.41, 5.74) is -2.48. The molecule has 1 aliphatic heterocycles. The SMILES string of the molecule is C=C1CC23CC1(O)CCC2C12CCC(O)C(C)(C(=O)OC1)C2C3C(=O)O. The molecule has 4 saturated carbocycles. The quantitative estimate of drug-likeness (QED) is 0.482. The molecule has 3 N–H and O–H groups in total. The third-order valence-corrected chi connectivity index (χ3v) is 9.03. The van der Waals surface area contributed by atoms with Crippen LogP contribution in [0.15, 0.2) is 12.2 Å². The number of aliphatic hydroxyl groups excluding tert-OH is 1. The van der Waals surface area contributed by atoms with Crippen LogP contribution in [0.3, 0.4) is 0 Å². The summed E-state index contributed by atoms with van der Waals surface area (Å²) in [6.45, 7) is 6.00. The molecule has 5 fully saturated rings. The van der Waals surface area contributed by atoms with Crippen molar-refractivity contribution in [3.05, 3.63) is 12.2 Å². The first-order chi connectivity index (χ1) is 12.1. The summed E-state index contributed by atoms with van der Waals surface area (Å²) in [6, 6.07) is 0. The predicted octanol–water partition coefficient (Wildman–Crippen LogP) is 1.50. The number of fused-ring (bicyclic) bond motifs is 1. The lowest BCUT2D eigenvalue weighted by molar-refractivity contribution is -0.220. The highest BCUT2D eigenvalue weighted by Gasteiger charge is 2.81. The minimum Gasteiger partial charge on any atom is -0.481 e. The van der Waals surface area contributed by atoms with Crippen molar-refractivity contribution in [1.29, 1.82) is 0 Å². The summed E-state index contributed by atoms with van der Waals surface area (Å²) >= 11 is 0. The Morgan fingerprint density at radius 3 is 2.69 bits per heavy atom. The van der Waals surface area contributed by atoms with E-state index in [0.29, 0.717) is 32.1 Å². The molecule has 26 heavy (non-hydrogen) atoms.